The predicted octanol–water partition coefficient (Wildman–Crippen LogP) is 2.34. The van der Waals surface area contributed by atoms with Crippen LogP contribution in [0.5, 0.6) is 0 Å². The minimum absolute atomic E-state index is 0. The Kier molecular flexibility index (Phi) is 5.85. The van der Waals surface area contributed by atoms with Crippen molar-refractivity contribution in [1.29, 1.82) is 0 Å². The SMILES string of the molecule is Cl.O=C(c1c(F)cccc1Cl)N1CCCNCC1. The summed E-state index contributed by atoms with van der Waals surface area (Å²) in [6.45, 7) is 2.84. The van der Waals surface area contributed by atoms with E-state index in [1.54, 1.807) is 4.90 Å². The van der Waals surface area contributed by atoms with Gasteiger partial charge in [0, 0.05) is 19.6 Å². The zero-order chi connectivity index (χ0) is 12.3. The molecule has 0 aliphatic carbocycles. The molecule has 6 heteroatoms. The lowest BCUT2D eigenvalue weighted by molar-refractivity contribution is 0.0762. The summed E-state index contributed by atoms with van der Waals surface area (Å²) in [5.41, 5.74) is -0.0175. The molecule has 0 atom stereocenters. The number of amides is 1. The van der Waals surface area contributed by atoms with Gasteiger partial charge in [0.1, 0.15) is 5.82 Å². The Morgan fingerprint density at radius 2 is 2.11 bits per heavy atom. The number of carbonyl (C=O) groups excluding carboxylic acids is 1. The molecule has 0 spiro atoms. The van der Waals surface area contributed by atoms with Gasteiger partial charge in [0.05, 0.1) is 10.6 Å². The van der Waals surface area contributed by atoms with Crippen LogP contribution in [-0.2, 0) is 0 Å². The zero-order valence-corrected chi connectivity index (χ0v) is 11.4. The van der Waals surface area contributed by atoms with Gasteiger partial charge < -0.3 is 10.2 Å². The van der Waals surface area contributed by atoms with Crippen molar-refractivity contribution in [2.24, 2.45) is 0 Å². The van der Waals surface area contributed by atoms with Gasteiger partial charge in [-0.2, -0.15) is 0 Å². The average Bonchev–Trinajstić information content (AvgIpc) is 2.57. The van der Waals surface area contributed by atoms with Crippen molar-refractivity contribution >= 4 is 29.9 Å². The van der Waals surface area contributed by atoms with E-state index in [4.69, 9.17) is 11.6 Å². The van der Waals surface area contributed by atoms with Gasteiger partial charge in [-0.3, -0.25) is 4.79 Å². The van der Waals surface area contributed by atoms with E-state index in [0.717, 1.165) is 19.5 Å². The van der Waals surface area contributed by atoms with Crippen molar-refractivity contribution in [1.82, 2.24) is 10.2 Å². The van der Waals surface area contributed by atoms with Crippen LogP contribution in [0.25, 0.3) is 0 Å². The Balaban J connectivity index is 0.00000162. The average molecular weight is 293 g/mol. The van der Waals surface area contributed by atoms with E-state index in [2.05, 4.69) is 5.32 Å². The van der Waals surface area contributed by atoms with E-state index >= 15 is 0 Å². The number of halogens is 3. The van der Waals surface area contributed by atoms with Gasteiger partial charge in [0.15, 0.2) is 0 Å². The number of nitrogens with zero attached hydrogens (tertiary/aromatic N) is 1. The summed E-state index contributed by atoms with van der Waals surface area (Å²) in [6.07, 6.45) is 0.873. The fourth-order valence-electron chi connectivity index (χ4n) is 1.91. The van der Waals surface area contributed by atoms with Gasteiger partial charge in [-0.1, -0.05) is 17.7 Å². The molecule has 1 heterocycles. The van der Waals surface area contributed by atoms with Gasteiger partial charge in [0.25, 0.3) is 5.91 Å². The molecule has 1 aromatic carbocycles. The molecule has 1 amide bonds. The quantitative estimate of drug-likeness (QED) is 0.862. The third kappa shape index (κ3) is 3.34. The maximum absolute atomic E-state index is 13.6. The van der Waals surface area contributed by atoms with Crippen molar-refractivity contribution in [2.75, 3.05) is 26.2 Å². The fourth-order valence-corrected chi connectivity index (χ4v) is 2.15. The molecule has 1 aromatic rings. The molecular weight excluding hydrogens is 278 g/mol. The lowest BCUT2D eigenvalue weighted by Gasteiger charge is -2.20. The highest BCUT2D eigenvalue weighted by atomic mass is 35.5. The Morgan fingerprint density at radius 3 is 2.83 bits per heavy atom. The highest BCUT2D eigenvalue weighted by Crippen LogP contribution is 2.21. The van der Waals surface area contributed by atoms with Crippen LogP contribution >= 0.6 is 24.0 Å². The first kappa shape index (κ1) is 15.2. The summed E-state index contributed by atoms with van der Waals surface area (Å²) in [5, 5.41) is 3.37. The zero-order valence-electron chi connectivity index (χ0n) is 9.79. The number of nitrogens with one attached hydrogen (secondary N) is 1. The lowest BCUT2D eigenvalue weighted by atomic mass is 10.1. The highest BCUT2D eigenvalue weighted by Gasteiger charge is 2.22. The lowest BCUT2D eigenvalue weighted by Crippen LogP contribution is -2.34. The maximum Gasteiger partial charge on any atom is 0.258 e. The standard InChI is InChI=1S/C12H14ClFN2O.ClH/c13-9-3-1-4-10(14)11(9)12(17)16-7-2-5-15-6-8-16;/h1,3-4,15H,2,5-8H2;1H. The first-order valence-corrected chi connectivity index (χ1v) is 6.02. The molecule has 1 aliphatic heterocycles. The van der Waals surface area contributed by atoms with Crippen LogP contribution in [-0.4, -0.2) is 37.0 Å². The predicted molar refractivity (Wildman–Crippen MR) is 72.0 cm³/mol. The molecule has 100 valence electrons. The van der Waals surface area contributed by atoms with Gasteiger partial charge in [0.2, 0.25) is 0 Å². The van der Waals surface area contributed by atoms with Crippen molar-refractivity contribution in [3.8, 4) is 0 Å². The number of hydrogen-bond donors (Lipinski definition) is 1. The molecule has 1 aliphatic rings. The van der Waals surface area contributed by atoms with E-state index in [1.165, 1.54) is 18.2 Å². The van der Waals surface area contributed by atoms with Crippen molar-refractivity contribution in [3.63, 3.8) is 0 Å². The van der Waals surface area contributed by atoms with Crippen molar-refractivity contribution in [3.05, 3.63) is 34.6 Å². The fraction of sp³-hybridized carbons (Fsp3) is 0.417. The highest BCUT2D eigenvalue weighted by molar-refractivity contribution is 6.33. The molecule has 3 nitrogen and oxygen atoms in total. The summed E-state index contributed by atoms with van der Waals surface area (Å²) in [7, 11) is 0. The Hall–Kier alpha value is -0.840. The minimum Gasteiger partial charge on any atom is -0.337 e. The van der Waals surface area contributed by atoms with Crippen LogP contribution in [0.2, 0.25) is 5.02 Å². The molecule has 1 fully saturated rings. The van der Waals surface area contributed by atoms with Crippen LogP contribution in [0.1, 0.15) is 16.8 Å². The van der Waals surface area contributed by atoms with Crippen molar-refractivity contribution in [2.45, 2.75) is 6.42 Å². The normalized spacial score (nSPS) is 15.8. The smallest absolute Gasteiger partial charge is 0.258 e. The number of carbonyl (C=O) groups is 1. The second kappa shape index (κ2) is 6.92. The van der Waals surface area contributed by atoms with Crippen LogP contribution < -0.4 is 5.32 Å². The molecule has 0 saturated carbocycles. The second-order valence-corrected chi connectivity index (χ2v) is 4.40. The van der Waals surface area contributed by atoms with E-state index in [9.17, 15) is 9.18 Å². The van der Waals surface area contributed by atoms with E-state index in [-0.39, 0.29) is 28.9 Å². The Bertz CT molecular complexity index is 400. The molecule has 0 aromatic heterocycles. The van der Waals surface area contributed by atoms with Gasteiger partial charge in [-0.25, -0.2) is 4.39 Å². The maximum atomic E-state index is 13.6. The van der Waals surface area contributed by atoms with Crippen LogP contribution in [0.15, 0.2) is 18.2 Å². The summed E-state index contributed by atoms with van der Waals surface area (Å²) in [6, 6.07) is 4.29. The first-order valence-electron chi connectivity index (χ1n) is 5.64. The molecule has 0 unspecified atom stereocenters. The third-order valence-corrected chi connectivity index (χ3v) is 3.12. The van der Waals surface area contributed by atoms with Gasteiger partial charge >= 0.3 is 0 Å². The minimum atomic E-state index is -0.556. The van der Waals surface area contributed by atoms with E-state index in [1.807, 2.05) is 0 Å². The molecule has 0 radical (unpaired) electrons. The molecule has 1 saturated heterocycles. The monoisotopic (exact) mass is 292 g/mol. The summed E-state index contributed by atoms with van der Waals surface area (Å²) < 4.78 is 13.6. The molecule has 18 heavy (non-hydrogen) atoms. The number of hydrogen-bond acceptors (Lipinski definition) is 2. The van der Waals surface area contributed by atoms with E-state index in [0.29, 0.717) is 13.1 Å². The summed E-state index contributed by atoms with van der Waals surface area (Å²) in [4.78, 5) is 13.8. The number of benzene rings is 1. The van der Waals surface area contributed by atoms with Crippen LogP contribution in [0, 0.1) is 5.82 Å². The Morgan fingerprint density at radius 1 is 1.33 bits per heavy atom. The topological polar surface area (TPSA) is 32.3 Å². The molecule has 1 N–H and O–H groups in total. The van der Waals surface area contributed by atoms with E-state index < -0.39 is 5.82 Å². The van der Waals surface area contributed by atoms with Gasteiger partial charge in [-0.15, -0.1) is 12.4 Å². The van der Waals surface area contributed by atoms with Gasteiger partial charge in [-0.05, 0) is 25.1 Å². The first-order chi connectivity index (χ1) is 8.20. The largest absolute Gasteiger partial charge is 0.337 e. The number of rotatable bonds is 1. The molecule has 2 rings (SSSR count). The summed E-state index contributed by atoms with van der Waals surface area (Å²) in [5.74, 6) is -0.878. The molecular formula is C12H15Cl2FN2O. The third-order valence-electron chi connectivity index (χ3n) is 2.80. The van der Waals surface area contributed by atoms with Crippen LogP contribution in [0.3, 0.4) is 0 Å². The summed E-state index contributed by atoms with van der Waals surface area (Å²) >= 11 is 5.88. The Labute approximate surface area is 117 Å². The van der Waals surface area contributed by atoms with Crippen molar-refractivity contribution < 1.29 is 9.18 Å². The van der Waals surface area contributed by atoms with Crippen LogP contribution in [0.4, 0.5) is 4.39 Å². The second-order valence-electron chi connectivity index (χ2n) is 3.99. The molecule has 0 bridgehead atoms.